The van der Waals surface area contributed by atoms with E-state index in [0.717, 1.165) is 9.26 Å². The largest absolute Gasteiger partial charge is 0.465 e. The van der Waals surface area contributed by atoms with Gasteiger partial charge in [0.2, 0.25) is 0 Å². The van der Waals surface area contributed by atoms with Gasteiger partial charge in [-0.15, -0.1) is 0 Å². The molecule has 0 aliphatic heterocycles. The van der Waals surface area contributed by atoms with Gasteiger partial charge in [0.05, 0.1) is 12.6 Å². The Morgan fingerprint density at radius 2 is 1.82 bits per heavy atom. The summed E-state index contributed by atoms with van der Waals surface area (Å²) in [5.74, 6) is 0. The van der Waals surface area contributed by atoms with E-state index in [9.17, 15) is 15.0 Å². The Balaban J connectivity index is 2.15. The number of carbonyl (C=O) groups is 1. The third-order valence-electron chi connectivity index (χ3n) is 4.53. The summed E-state index contributed by atoms with van der Waals surface area (Å²) in [4.78, 5) is 13.1. The van der Waals surface area contributed by atoms with Gasteiger partial charge in [0.15, 0.2) is 0 Å². The summed E-state index contributed by atoms with van der Waals surface area (Å²) in [6.07, 6.45) is -2.02. The maximum atomic E-state index is 11.9. The molecule has 0 aliphatic carbocycles. The average Bonchev–Trinajstić information content (AvgIpc) is 2.61. The van der Waals surface area contributed by atoms with Crippen LogP contribution in [0.4, 0.5) is 10.5 Å². The van der Waals surface area contributed by atoms with Crippen molar-refractivity contribution < 1.29 is 15.0 Å². The third-order valence-corrected chi connectivity index (χ3v) is 5.49. The predicted octanol–water partition coefficient (Wildman–Crippen LogP) is 5.48. The molecule has 7 heteroatoms. The van der Waals surface area contributed by atoms with Crippen LogP contribution in [0.15, 0.2) is 48.5 Å². The Hall–Kier alpha value is -1.51. The van der Waals surface area contributed by atoms with Crippen molar-refractivity contribution in [3.05, 3.63) is 62.7 Å². The summed E-state index contributed by atoms with van der Waals surface area (Å²) in [6.45, 7) is 6.39. The molecule has 0 aromatic heterocycles. The Morgan fingerprint density at radius 1 is 1.18 bits per heavy atom. The molecule has 2 aromatic carbocycles. The van der Waals surface area contributed by atoms with Crippen molar-refractivity contribution >= 4 is 46.0 Å². The molecule has 0 fully saturated rings. The van der Waals surface area contributed by atoms with Gasteiger partial charge in [0, 0.05) is 26.9 Å². The van der Waals surface area contributed by atoms with Gasteiger partial charge in [-0.1, -0.05) is 44.5 Å². The van der Waals surface area contributed by atoms with E-state index in [1.54, 1.807) is 24.3 Å². The fourth-order valence-corrected chi connectivity index (χ4v) is 3.32. The van der Waals surface area contributed by atoms with Gasteiger partial charge < -0.3 is 20.4 Å². The molecule has 3 N–H and O–H groups in total. The molecule has 0 bridgehead atoms. The zero-order valence-electron chi connectivity index (χ0n) is 16.2. The highest BCUT2D eigenvalue weighted by Crippen LogP contribution is 2.26. The molecule has 0 heterocycles. The van der Waals surface area contributed by atoms with Crippen LogP contribution in [0.5, 0.6) is 0 Å². The SMILES string of the molecule is CC(C)(C)C(CN(C[C@H](O)c1cccc(Cl)c1)C(=O)O)Nc1ccc(I)cc1. The Bertz CT molecular complexity index is 793. The third kappa shape index (κ3) is 6.83. The minimum absolute atomic E-state index is 0.0311. The molecule has 0 saturated carbocycles. The maximum absolute atomic E-state index is 11.9. The molecule has 0 radical (unpaired) electrons. The lowest BCUT2D eigenvalue weighted by Gasteiger charge is -2.36. The number of anilines is 1. The van der Waals surface area contributed by atoms with Crippen molar-refractivity contribution in [3.8, 4) is 0 Å². The highest BCUT2D eigenvalue weighted by atomic mass is 127. The van der Waals surface area contributed by atoms with E-state index >= 15 is 0 Å². The molecule has 0 spiro atoms. The molecule has 1 unspecified atom stereocenters. The van der Waals surface area contributed by atoms with E-state index in [2.05, 4.69) is 48.7 Å². The van der Waals surface area contributed by atoms with Crippen LogP contribution in [-0.4, -0.2) is 40.3 Å². The summed E-state index contributed by atoms with van der Waals surface area (Å²) in [7, 11) is 0. The van der Waals surface area contributed by atoms with Crippen LogP contribution in [0.25, 0.3) is 0 Å². The number of rotatable bonds is 7. The van der Waals surface area contributed by atoms with Crippen molar-refractivity contribution in [3.63, 3.8) is 0 Å². The summed E-state index contributed by atoms with van der Waals surface area (Å²) in [6, 6.07) is 14.7. The van der Waals surface area contributed by atoms with E-state index in [-0.39, 0.29) is 24.5 Å². The highest BCUT2D eigenvalue weighted by molar-refractivity contribution is 14.1. The van der Waals surface area contributed by atoms with Gasteiger partial charge in [0.1, 0.15) is 0 Å². The van der Waals surface area contributed by atoms with E-state index < -0.39 is 12.2 Å². The van der Waals surface area contributed by atoms with E-state index in [1.165, 1.54) is 4.90 Å². The van der Waals surface area contributed by atoms with Crippen molar-refractivity contribution in [2.24, 2.45) is 5.41 Å². The number of carboxylic acid groups (broad SMARTS) is 1. The smallest absolute Gasteiger partial charge is 0.407 e. The first-order valence-electron chi connectivity index (χ1n) is 9.00. The number of nitrogens with zero attached hydrogens (tertiary/aromatic N) is 1. The van der Waals surface area contributed by atoms with Crippen LogP contribution in [-0.2, 0) is 0 Å². The lowest BCUT2D eigenvalue weighted by Crippen LogP contribution is -2.47. The first kappa shape index (κ1) is 22.8. The molecule has 0 saturated heterocycles. The zero-order valence-corrected chi connectivity index (χ0v) is 19.1. The molecular formula is C21H26ClIN2O3. The molecule has 28 heavy (non-hydrogen) atoms. The maximum Gasteiger partial charge on any atom is 0.407 e. The molecule has 2 rings (SSSR count). The van der Waals surface area contributed by atoms with Crippen LogP contribution in [0.2, 0.25) is 5.02 Å². The summed E-state index contributed by atoms with van der Waals surface area (Å²) >= 11 is 8.23. The predicted molar refractivity (Wildman–Crippen MR) is 122 cm³/mol. The molecule has 2 atom stereocenters. The molecule has 152 valence electrons. The Labute approximate surface area is 184 Å². The fraction of sp³-hybridized carbons (Fsp3) is 0.381. The number of aliphatic hydroxyl groups excluding tert-OH is 1. The summed E-state index contributed by atoms with van der Waals surface area (Å²) < 4.78 is 1.13. The van der Waals surface area contributed by atoms with Crippen LogP contribution >= 0.6 is 34.2 Å². The molecular weight excluding hydrogens is 491 g/mol. The van der Waals surface area contributed by atoms with Crippen molar-refractivity contribution in [1.29, 1.82) is 0 Å². The zero-order chi connectivity index (χ0) is 20.9. The second kappa shape index (κ2) is 9.80. The fourth-order valence-electron chi connectivity index (χ4n) is 2.76. The molecule has 0 aliphatic rings. The van der Waals surface area contributed by atoms with Crippen LogP contribution in [0.3, 0.4) is 0 Å². The second-order valence-electron chi connectivity index (χ2n) is 7.83. The average molecular weight is 517 g/mol. The Morgan fingerprint density at radius 3 is 2.36 bits per heavy atom. The van der Waals surface area contributed by atoms with Crippen molar-refractivity contribution in [2.45, 2.75) is 32.9 Å². The normalized spacial score (nSPS) is 13.6. The molecule has 2 aromatic rings. The lowest BCUT2D eigenvalue weighted by molar-refractivity contribution is 0.0885. The molecule has 1 amide bonds. The lowest BCUT2D eigenvalue weighted by atomic mass is 9.86. The number of hydrogen-bond donors (Lipinski definition) is 3. The number of hydrogen-bond acceptors (Lipinski definition) is 3. The van der Waals surface area contributed by atoms with E-state index in [0.29, 0.717) is 10.6 Å². The topological polar surface area (TPSA) is 72.8 Å². The van der Waals surface area contributed by atoms with Crippen molar-refractivity contribution in [1.82, 2.24) is 4.90 Å². The van der Waals surface area contributed by atoms with Crippen LogP contribution in [0.1, 0.15) is 32.4 Å². The van der Waals surface area contributed by atoms with Crippen LogP contribution in [0, 0.1) is 8.99 Å². The first-order valence-corrected chi connectivity index (χ1v) is 10.5. The summed E-state index contributed by atoms with van der Waals surface area (Å²) in [5.41, 5.74) is 1.33. The van der Waals surface area contributed by atoms with Gasteiger partial charge in [-0.2, -0.15) is 0 Å². The van der Waals surface area contributed by atoms with E-state index in [4.69, 9.17) is 11.6 Å². The second-order valence-corrected chi connectivity index (χ2v) is 9.51. The number of aliphatic hydroxyl groups is 1. The van der Waals surface area contributed by atoms with E-state index in [1.807, 2.05) is 24.3 Å². The standard InChI is InChI=1S/C21H26ClIN2O3/c1-21(2,3)19(24-17-9-7-16(23)8-10-17)13-25(20(27)28)12-18(26)14-5-4-6-15(22)11-14/h4-11,18-19,24,26H,12-13H2,1-3H3,(H,27,28)/t18-,19?/m0/s1. The number of nitrogens with one attached hydrogen (secondary N) is 1. The highest BCUT2D eigenvalue weighted by Gasteiger charge is 2.29. The van der Waals surface area contributed by atoms with Gasteiger partial charge in [-0.05, 0) is 70.0 Å². The van der Waals surface area contributed by atoms with Crippen molar-refractivity contribution in [2.75, 3.05) is 18.4 Å². The number of halogens is 2. The monoisotopic (exact) mass is 516 g/mol. The quantitative estimate of drug-likeness (QED) is 0.426. The minimum atomic E-state index is -1.07. The summed E-state index contributed by atoms with van der Waals surface area (Å²) in [5, 5.41) is 24.2. The minimum Gasteiger partial charge on any atom is -0.465 e. The van der Waals surface area contributed by atoms with Gasteiger partial charge in [-0.3, -0.25) is 0 Å². The molecule has 5 nitrogen and oxygen atoms in total. The number of amides is 1. The first-order chi connectivity index (χ1) is 13.1. The van der Waals surface area contributed by atoms with Gasteiger partial charge in [0.25, 0.3) is 0 Å². The van der Waals surface area contributed by atoms with Gasteiger partial charge >= 0.3 is 6.09 Å². The van der Waals surface area contributed by atoms with Gasteiger partial charge in [-0.25, -0.2) is 4.79 Å². The number of benzene rings is 2. The Kier molecular flexibility index (Phi) is 7.97. The van der Waals surface area contributed by atoms with Crippen LogP contribution < -0.4 is 5.32 Å².